The second-order valence-electron chi connectivity index (χ2n) is 4.80. The van der Waals surface area contributed by atoms with Crippen LogP contribution in [0.1, 0.15) is 25.1 Å². The first kappa shape index (κ1) is 13.3. The molecule has 0 spiro atoms. The highest BCUT2D eigenvalue weighted by Gasteiger charge is 2.17. The van der Waals surface area contributed by atoms with E-state index in [9.17, 15) is 0 Å². The van der Waals surface area contributed by atoms with Crippen molar-refractivity contribution in [2.75, 3.05) is 37.6 Å². The van der Waals surface area contributed by atoms with Gasteiger partial charge in [0, 0.05) is 38.4 Å². The monoisotopic (exact) mass is 248 g/mol. The van der Waals surface area contributed by atoms with Gasteiger partial charge in [-0.15, -0.1) is 0 Å². The highest BCUT2D eigenvalue weighted by Crippen LogP contribution is 2.17. The molecular formula is C14H24N4. The van der Waals surface area contributed by atoms with Crippen molar-refractivity contribution in [3.63, 3.8) is 0 Å². The Morgan fingerprint density at radius 3 is 2.44 bits per heavy atom. The molecule has 1 aromatic heterocycles. The fourth-order valence-corrected chi connectivity index (χ4v) is 2.39. The highest BCUT2D eigenvalue weighted by atomic mass is 15.3. The zero-order chi connectivity index (χ0) is 13.0. The quantitative estimate of drug-likeness (QED) is 0.871. The molecule has 4 heteroatoms. The first-order chi connectivity index (χ1) is 8.76. The zero-order valence-corrected chi connectivity index (χ0v) is 11.5. The number of aryl methyl sites for hydroxylation is 1. The Bertz CT molecular complexity index is 361. The van der Waals surface area contributed by atoms with Crippen molar-refractivity contribution in [3.8, 4) is 0 Å². The standard InChI is InChI=1S/C14H24N4/c1-3-13-9-12(11-15)10-14(16-13)18-7-5-17(4-2)6-8-18/h9-10H,3-8,11,15H2,1-2H3. The lowest BCUT2D eigenvalue weighted by atomic mass is 10.2. The molecule has 0 amide bonds. The van der Waals surface area contributed by atoms with Crippen LogP contribution in [-0.2, 0) is 13.0 Å². The van der Waals surface area contributed by atoms with Gasteiger partial charge in [-0.1, -0.05) is 13.8 Å². The van der Waals surface area contributed by atoms with Gasteiger partial charge in [0.2, 0.25) is 0 Å². The van der Waals surface area contributed by atoms with Gasteiger partial charge in [-0.25, -0.2) is 4.98 Å². The summed E-state index contributed by atoms with van der Waals surface area (Å²) in [5.74, 6) is 1.10. The Morgan fingerprint density at radius 2 is 1.89 bits per heavy atom. The summed E-state index contributed by atoms with van der Waals surface area (Å²) in [6, 6.07) is 4.26. The molecule has 1 saturated heterocycles. The molecule has 2 heterocycles. The van der Waals surface area contributed by atoms with Gasteiger partial charge >= 0.3 is 0 Å². The second-order valence-corrected chi connectivity index (χ2v) is 4.80. The van der Waals surface area contributed by atoms with Crippen LogP contribution in [0.4, 0.5) is 5.82 Å². The lowest BCUT2D eigenvalue weighted by molar-refractivity contribution is 0.270. The highest BCUT2D eigenvalue weighted by molar-refractivity contribution is 5.43. The minimum atomic E-state index is 0.595. The maximum atomic E-state index is 5.76. The summed E-state index contributed by atoms with van der Waals surface area (Å²) >= 11 is 0. The third kappa shape index (κ3) is 3.00. The summed E-state index contributed by atoms with van der Waals surface area (Å²) in [5.41, 5.74) is 8.09. The van der Waals surface area contributed by atoms with Crippen LogP contribution in [0, 0.1) is 0 Å². The van der Waals surface area contributed by atoms with E-state index >= 15 is 0 Å². The number of nitrogens with zero attached hydrogens (tertiary/aromatic N) is 3. The van der Waals surface area contributed by atoms with Gasteiger partial charge in [-0.3, -0.25) is 0 Å². The van der Waals surface area contributed by atoms with E-state index in [1.165, 1.54) is 5.56 Å². The molecule has 0 radical (unpaired) electrons. The van der Waals surface area contributed by atoms with E-state index in [4.69, 9.17) is 10.7 Å². The van der Waals surface area contributed by atoms with Gasteiger partial charge in [0.25, 0.3) is 0 Å². The third-order valence-electron chi connectivity index (χ3n) is 3.67. The van der Waals surface area contributed by atoms with E-state index < -0.39 is 0 Å². The number of hydrogen-bond acceptors (Lipinski definition) is 4. The average Bonchev–Trinajstić information content (AvgIpc) is 2.46. The molecule has 0 aromatic carbocycles. The summed E-state index contributed by atoms with van der Waals surface area (Å²) in [6.45, 7) is 10.5. The molecule has 1 aliphatic heterocycles. The molecule has 2 N–H and O–H groups in total. The summed E-state index contributed by atoms with van der Waals surface area (Å²) in [6.07, 6.45) is 0.968. The topological polar surface area (TPSA) is 45.4 Å². The van der Waals surface area contributed by atoms with Crippen molar-refractivity contribution < 1.29 is 0 Å². The number of likely N-dealkylation sites (N-methyl/N-ethyl adjacent to an activating group) is 1. The van der Waals surface area contributed by atoms with Gasteiger partial charge < -0.3 is 15.5 Å². The maximum absolute atomic E-state index is 5.76. The Kier molecular flexibility index (Phi) is 4.55. The number of piperazine rings is 1. The van der Waals surface area contributed by atoms with Crippen LogP contribution >= 0.6 is 0 Å². The van der Waals surface area contributed by atoms with Gasteiger partial charge in [-0.05, 0) is 30.7 Å². The average molecular weight is 248 g/mol. The van der Waals surface area contributed by atoms with Crippen LogP contribution in [0.15, 0.2) is 12.1 Å². The van der Waals surface area contributed by atoms with Crippen LogP contribution in [0.3, 0.4) is 0 Å². The SMILES string of the molecule is CCc1cc(CN)cc(N2CCN(CC)CC2)n1. The fourth-order valence-electron chi connectivity index (χ4n) is 2.39. The predicted molar refractivity (Wildman–Crippen MR) is 75.8 cm³/mol. The summed E-state index contributed by atoms with van der Waals surface area (Å²) < 4.78 is 0. The number of rotatable bonds is 4. The molecule has 100 valence electrons. The molecule has 18 heavy (non-hydrogen) atoms. The smallest absolute Gasteiger partial charge is 0.129 e. The Morgan fingerprint density at radius 1 is 1.17 bits per heavy atom. The van der Waals surface area contributed by atoms with E-state index in [2.05, 4.69) is 35.8 Å². The lowest BCUT2D eigenvalue weighted by Crippen LogP contribution is -2.46. The molecule has 4 nitrogen and oxygen atoms in total. The molecule has 0 aliphatic carbocycles. The van der Waals surface area contributed by atoms with Crippen molar-refractivity contribution in [2.24, 2.45) is 5.73 Å². The first-order valence-corrected chi connectivity index (χ1v) is 6.94. The minimum absolute atomic E-state index is 0.595. The molecule has 0 unspecified atom stereocenters. The number of aromatic nitrogens is 1. The zero-order valence-electron chi connectivity index (χ0n) is 11.5. The first-order valence-electron chi connectivity index (χ1n) is 6.94. The number of anilines is 1. The van der Waals surface area contributed by atoms with Crippen molar-refractivity contribution in [1.29, 1.82) is 0 Å². The summed E-state index contributed by atoms with van der Waals surface area (Å²) in [4.78, 5) is 9.58. The largest absolute Gasteiger partial charge is 0.354 e. The molecule has 0 atom stereocenters. The van der Waals surface area contributed by atoms with Crippen LogP contribution < -0.4 is 10.6 Å². The van der Waals surface area contributed by atoms with Crippen molar-refractivity contribution in [2.45, 2.75) is 26.8 Å². The number of hydrogen-bond donors (Lipinski definition) is 1. The molecule has 1 aromatic rings. The summed E-state index contributed by atoms with van der Waals surface area (Å²) in [5, 5.41) is 0. The molecular weight excluding hydrogens is 224 g/mol. The minimum Gasteiger partial charge on any atom is -0.354 e. The predicted octanol–water partition coefficient (Wildman–Crippen LogP) is 1.24. The van der Waals surface area contributed by atoms with Gasteiger partial charge in [0.15, 0.2) is 0 Å². The Labute approximate surface area is 110 Å². The van der Waals surface area contributed by atoms with Gasteiger partial charge in [0.1, 0.15) is 5.82 Å². The van der Waals surface area contributed by atoms with E-state index in [-0.39, 0.29) is 0 Å². The van der Waals surface area contributed by atoms with Crippen molar-refractivity contribution in [1.82, 2.24) is 9.88 Å². The van der Waals surface area contributed by atoms with E-state index in [1.807, 2.05) is 0 Å². The molecule has 2 rings (SSSR count). The van der Waals surface area contributed by atoms with Crippen molar-refractivity contribution >= 4 is 5.82 Å². The lowest BCUT2D eigenvalue weighted by Gasteiger charge is -2.35. The fraction of sp³-hybridized carbons (Fsp3) is 0.643. The molecule has 0 bridgehead atoms. The van der Waals surface area contributed by atoms with E-state index in [0.717, 1.165) is 50.7 Å². The van der Waals surface area contributed by atoms with Crippen molar-refractivity contribution in [3.05, 3.63) is 23.4 Å². The number of nitrogens with two attached hydrogens (primary N) is 1. The molecule has 0 saturated carbocycles. The van der Waals surface area contributed by atoms with Crippen LogP contribution in [0.5, 0.6) is 0 Å². The van der Waals surface area contributed by atoms with Crippen LogP contribution in [0.25, 0.3) is 0 Å². The number of pyridine rings is 1. The van der Waals surface area contributed by atoms with Crippen LogP contribution in [0.2, 0.25) is 0 Å². The second kappa shape index (κ2) is 6.16. The van der Waals surface area contributed by atoms with Crippen LogP contribution in [-0.4, -0.2) is 42.6 Å². The maximum Gasteiger partial charge on any atom is 0.129 e. The molecule has 1 fully saturated rings. The molecule has 1 aliphatic rings. The normalized spacial score (nSPS) is 17.2. The van der Waals surface area contributed by atoms with Gasteiger partial charge in [0.05, 0.1) is 0 Å². The Balaban J connectivity index is 2.13. The van der Waals surface area contributed by atoms with E-state index in [0.29, 0.717) is 6.54 Å². The van der Waals surface area contributed by atoms with E-state index in [1.54, 1.807) is 0 Å². The van der Waals surface area contributed by atoms with Gasteiger partial charge in [-0.2, -0.15) is 0 Å². The Hall–Kier alpha value is -1.13. The third-order valence-corrected chi connectivity index (χ3v) is 3.67. The summed E-state index contributed by atoms with van der Waals surface area (Å²) in [7, 11) is 0.